The van der Waals surface area contributed by atoms with Gasteiger partial charge in [-0.3, -0.25) is 9.59 Å². The van der Waals surface area contributed by atoms with Crippen LogP contribution in [-0.2, 0) is 11.3 Å². The lowest BCUT2D eigenvalue weighted by molar-refractivity contribution is -0.141. The molecular formula is C15H21NO4. The Kier molecular flexibility index (Phi) is 5.70. The number of nitrogens with zero attached hydrogens (tertiary/aromatic N) is 1. The van der Waals surface area contributed by atoms with Crippen molar-refractivity contribution in [1.29, 1.82) is 0 Å². The molecule has 1 N–H and O–H groups in total. The summed E-state index contributed by atoms with van der Waals surface area (Å²) in [7, 11) is 3.42. The van der Waals surface area contributed by atoms with Gasteiger partial charge in [0.1, 0.15) is 5.75 Å². The van der Waals surface area contributed by atoms with E-state index in [1.54, 1.807) is 32.2 Å². The Labute approximate surface area is 119 Å². The van der Waals surface area contributed by atoms with E-state index < -0.39 is 11.9 Å². The summed E-state index contributed by atoms with van der Waals surface area (Å²) in [5.41, 5.74) is 1.50. The quantitative estimate of drug-likeness (QED) is 0.774. The third-order valence-corrected chi connectivity index (χ3v) is 3.13. The predicted molar refractivity (Wildman–Crippen MR) is 76.1 cm³/mol. The number of carboxylic acids is 1. The molecule has 1 rings (SSSR count). The van der Waals surface area contributed by atoms with Gasteiger partial charge in [0.2, 0.25) is 0 Å². The van der Waals surface area contributed by atoms with E-state index in [9.17, 15) is 9.59 Å². The molecule has 0 saturated heterocycles. The Bertz CT molecular complexity index is 499. The van der Waals surface area contributed by atoms with Crippen LogP contribution in [0.2, 0.25) is 0 Å². The van der Waals surface area contributed by atoms with Crippen molar-refractivity contribution < 1.29 is 19.4 Å². The Hall–Kier alpha value is -1.88. The number of carboxylic acid groups (broad SMARTS) is 1. The van der Waals surface area contributed by atoms with Crippen molar-refractivity contribution in [2.75, 3.05) is 20.7 Å². The molecule has 0 amide bonds. The molecule has 0 fully saturated rings. The number of methoxy groups -OCH3 is 1. The summed E-state index contributed by atoms with van der Waals surface area (Å²) in [5.74, 6) is -0.566. The molecule has 0 aliphatic heterocycles. The average molecular weight is 279 g/mol. The van der Waals surface area contributed by atoms with E-state index in [1.165, 1.54) is 6.92 Å². The van der Waals surface area contributed by atoms with Crippen LogP contribution in [0, 0.1) is 5.92 Å². The second kappa shape index (κ2) is 7.05. The number of ketones is 1. The van der Waals surface area contributed by atoms with Crippen molar-refractivity contribution in [3.05, 3.63) is 29.3 Å². The lowest BCUT2D eigenvalue weighted by Crippen LogP contribution is -2.28. The summed E-state index contributed by atoms with van der Waals surface area (Å²) in [5, 5.41) is 8.92. The highest BCUT2D eigenvalue weighted by atomic mass is 16.5. The fourth-order valence-corrected chi connectivity index (χ4v) is 2.02. The third kappa shape index (κ3) is 4.35. The first-order chi connectivity index (χ1) is 9.35. The maximum Gasteiger partial charge on any atom is 0.307 e. The third-order valence-electron chi connectivity index (χ3n) is 3.13. The smallest absolute Gasteiger partial charge is 0.307 e. The highest BCUT2D eigenvalue weighted by Gasteiger charge is 2.15. The Balaban J connectivity index is 2.86. The standard InChI is InChI=1S/C15H21NO4/c1-10(15(18)19)8-16(3)9-13-7-12(11(2)17)5-6-14(13)20-4/h5-7,10H,8-9H2,1-4H3,(H,18,19). The van der Waals surface area contributed by atoms with Gasteiger partial charge in [-0.25, -0.2) is 0 Å². The molecule has 0 aliphatic carbocycles. The maximum atomic E-state index is 11.4. The zero-order chi connectivity index (χ0) is 15.3. The zero-order valence-electron chi connectivity index (χ0n) is 12.3. The van der Waals surface area contributed by atoms with Gasteiger partial charge in [0.05, 0.1) is 13.0 Å². The van der Waals surface area contributed by atoms with Gasteiger partial charge < -0.3 is 14.7 Å². The Morgan fingerprint density at radius 3 is 2.55 bits per heavy atom. The Morgan fingerprint density at radius 2 is 2.05 bits per heavy atom. The topological polar surface area (TPSA) is 66.8 Å². The number of rotatable bonds is 7. The lowest BCUT2D eigenvalue weighted by atomic mass is 10.1. The molecule has 0 radical (unpaired) electrons. The number of carbonyl (C=O) groups excluding carboxylic acids is 1. The molecule has 1 aromatic carbocycles. The minimum atomic E-state index is -0.818. The molecule has 1 unspecified atom stereocenters. The van der Waals surface area contributed by atoms with Crippen LogP contribution < -0.4 is 4.74 Å². The van der Waals surface area contributed by atoms with E-state index in [2.05, 4.69) is 0 Å². The van der Waals surface area contributed by atoms with Crippen LogP contribution in [0.15, 0.2) is 18.2 Å². The van der Waals surface area contributed by atoms with Gasteiger partial charge in [-0.15, -0.1) is 0 Å². The van der Waals surface area contributed by atoms with Gasteiger partial charge in [-0.2, -0.15) is 0 Å². The monoisotopic (exact) mass is 279 g/mol. The highest BCUT2D eigenvalue weighted by molar-refractivity contribution is 5.94. The van der Waals surface area contributed by atoms with Gasteiger partial charge in [0.15, 0.2) is 5.78 Å². The average Bonchev–Trinajstić information content (AvgIpc) is 2.38. The van der Waals surface area contributed by atoms with Crippen molar-refractivity contribution in [2.24, 2.45) is 5.92 Å². The van der Waals surface area contributed by atoms with Crippen molar-refractivity contribution in [3.8, 4) is 5.75 Å². The summed E-state index contributed by atoms with van der Waals surface area (Å²) < 4.78 is 5.28. The van der Waals surface area contributed by atoms with E-state index in [0.717, 1.165) is 5.56 Å². The largest absolute Gasteiger partial charge is 0.496 e. The number of aliphatic carboxylic acids is 1. The van der Waals surface area contributed by atoms with Crippen molar-refractivity contribution in [1.82, 2.24) is 4.90 Å². The van der Waals surface area contributed by atoms with Gasteiger partial charge in [0.25, 0.3) is 0 Å². The first-order valence-electron chi connectivity index (χ1n) is 6.44. The molecule has 0 aliphatic rings. The summed E-state index contributed by atoms with van der Waals surface area (Å²) in [4.78, 5) is 24.2. The highest BCUT2D eigenvalue weighted by Crippen LogP contribution is 2.22. The second-order valence-electron chi connectivity index (χ2n) is 5.02. The molecule has 110 valence electrons. The van der Waals surface area contributed by atoms with E-state index in [0.29, 0.717) is 24.4 Å². The first kappa shape index (κ1) is 16.2. The van der Waals surface area contributed by atoms with Crippen molar-refractivity contribution in [2.45, 2.75) is 20.4 Å². The molecular weight excluding hydrogens is 258 g/mol. The molecule has 1 aromatic rings. The summed E-state index contributed by atoms with van der Waals surface area (Å²) >= 11 is 0. The molecule has 0 heterocycles. The van der Waals surface area contributed by atoms with Gasteiger partial charge in [-0.05, 0) is 32.2 Å². The molecule has 0 spiro atoms. The van der Waals surface area contributed by atoms with E-state index in [4.69, 9.17) is 9.84 Å². The SMILES string of the molecule is COc1ccc(C(C)=O)cc1CN(C)CC(C)C(=O)O. The number of hydrogen-bond acceptors (Lipinski definition) is 4. The summed E-state index contributed by atoms with van der Waals surface area (Å²) in [6, 6.07) is 5.29. The summed E-state index contributed by atoms with van der Waals surface area (Å²) in [6.07, 6.45) is 0. The minimum Gasteiger partial charge on any atom is -0.496 e. The number of benzene rings is 1. The first-order valence-corrected chi connectivity index (χ1v) is 6.44. The summed E-state index contributed by atoms with van der Waals surface area (Å²) in [6.45, 7) is 4.15. The van der Waals surface area contributed by atoms with Gasteiger partial charge in [-0.1, -0.05) is 6.92 Å². The lowest BCUT2D eigenvalue weighted by Gasteiger charge is -2.20. The molecule has 1 atom stereocenters. The molecule has 5 nitrogen and oxygen atoms in total. The molecule has 20 heavy (non-hydrogen) atoms. The van der Waals surface area contributed by atoms with Crippen LogP contribution in [0.1, 0.15) is 29.8 Å². The fourth-order valence-electron chi connectivity index (χ4n) is 2.02. The molecule has 0 aromatic heterocycles. The number of Topliss-reactive ketones (excluding diaryl/α,β-unsaturated/α-hetero) is 1. The fraction of sp³-hybridized carbons (Fsp3) is 0.467. The van der Waals surface area contributed by atoms with E-state index in [1.807, 2.05) is 11.9 Å². The van der Waals surface area contributed by atoms with Gasteiger partial charge in [0, 0.05) is 24.2 Å². The normalized spacial score (nSPS) is 12.2. The zero-order valence-corrected chi connectivity index (χ0v) is 12.3. The number of hydrogen-bond donors (Lipinski definition) is 1. The van der Waals surface area contributed by atoms with Crippen LogP contribution in [0.25, 0.3) is 0 Å². The van der Waals surface area contributed by atoms with Crippen LogP contribution in [-0.4, -0.2) is 42.5 Å². The van der Waals surface area contributed by atoms with Crippen molar-refractivity contribution in [3.63, 3.8) is 0 Å². The molecule has 0 saturated carbocycles. The van der Waals surface area contributed by atoms with Crippen LogP contribution in [0.4, 0.5) is 0 Å². The van der Waals surface area contributed by atoms with Crippen LogP contribution in [0.3, 0.4) is 0 Å². The van der Waals surface area contributed by atoms with Crippen LogP contribution >= 0.6 is 0 Å². The minimum absolute atomic E-state index is 0.00420. The number of ether oxygens (including phenoxy) is 1. The van der Waals surface area contributed by atoms with Crippen LogP contribution in [0.5, 0.6) is 5.75 Å². The van der Waals surface area contributed by atoms with E-state index >= 15 is 0 Å². The second-order valence-corrected chi connectivity index (χ2v) is 5.02. The predicted octanol–water partition coefficient (Wildman–Crippen LogP) is 2.05. The van der Waals surface area contributed by atoms with E-state index in [-0.39, 0.29) is 5.78 Å². The molecule has 0 bridgehead atoms. The number of carbonyl (C=O) groups is 2. The Morgan fingerprint density at radius 1 is 1.40 bits per heavy atom. The molecule has 5 heteroatoms. The van der Waals surface area contributed by atoms with Gasteiger partial charge >= 0.3 is 5.97 Å². The van der Waals surface area contributed by atoms with Crippen molar-refractivity contribution >= 4 is 11.8 Å². The maximum absolute atomic E-state index is 11.4.